The Hall–Kier alpha value is -4.60. The van der Waals surface area contributed by atoms with Crippen LogP contribution in [-0.2, 0) is 41.1 Å². The molecule has 2 aliphatic rings. The summed E-state index contributed by atoms with van der Waals surface area (Å²) in [4.78, 5) is 30.4. The smallest absolute Gasteiger partial charge is 0.264 e. The molecule has 0 radical (unpaired) electrons. The fraction of sp³-hybridized carbons (Fsp3) is 0.294. The molecule has 1 aromatic heterocycles. The molecule has 3 heterocycles. The van der Waals surface area contributed by atoms with E-state index in [1.807, 2.05) is 92.0 Å². The van der Waals surface area contributed by atoms with E-state index >= 15 is 0 Å². The number of aliphatic hydroxyl groups is 2. The quantitative estimate of drug-likeness (QED) is 0.270. The number of allylic oxidation sites excluding steroid dienone is 1. The lowest BCUT2D eigenvalue weighted by Crippen LogP contribution is -2.44. The zero-order chi connectivity index (χ0) is 30.0. The van der Waals surface area contributed by atoms with Crippen molar-refractivity contribution in [1.29, 1.82) is 0 Å². The van der Waals surface area contributed by atoms with Crippen molar-refractivity contribution < 1.29 is 19.8 Å². The second kappa shape index (κ2) is 11.9. The van der Waals surface area contributed by atoms with Crippen molar-refractivity contribution in [3.05, 3.63) is 114 Å². The lowest BCUT2D eigenvalue weighted by molar-refractivity contribution is -0.139. The summed E-state index contributed by atoms with van der Waals surface area (Å²) in [5.41, 5.74) is 3.93. The Labute approximate surface area is 250 Å². The molecule has 9 heteroatoms. The van der Waals surface area contributed by atoms with Gasteiger partial charge in [-0.2, -0.15) is 0 Å². The van der Waals surface area contributed by atoms with E-state index in [9.17, 15) is 14.7 Å². The largest absolute Gasteiger partial charge is 0.396 e. The summed E-state index contributed by atoms with van der Waals surface area (Å²) in [6, 6.07) is 23.0. The molecule has 43 heavy (non-hydrogen) atoms. The molecule has 0 unspecified atom stereocenters. The van der Waals surface area contributed by atoms with Gasteiger partial charge in [0.15, 0.2) is 5.60 Å². The molecule has 3 aromatic carbocycles. The summed E-state index contributed by atoms with van der Waals surface area (Å²) in [7, 11) is 0. The molecule has 0 aliphatic carbocycles. The predicted molar refractivity (Wildman–Crippen MR) is 164 cm³/mol. The average molecular weight is 578 g/mol. The van der Waals surface area contributed by atoms with Crippen molar-refractivity contribution in [1.82, 2.24) is 15.0 Å². The molecule has 0 saturated heterocycles. The van der Waals surface area contributed by atoms with Gasteiger partial charge >= 0.3 is 0 Å². The van der Waals surface area contributed by atoms with E-state index in [0.717, 1.165) is 34.6 Å². The molecule has 2 aliphatic heterocycles. The minimum atomic E-state index is -1.71. The standard InChI is InChI=1S/C34H35N5O4/c1-24(9-6-7-19-37-23-27(18-20-40)35-36-37)34(43)29-13-3-5-15-31(29)38(33(34)42)22-25-10-8-12-28(21-25)39-30-14-4-2-11-26(30)16-17-32(39)41/h2-6,8-15,21,23-24,40,43H,7,16-20,22H2,1H3/b9-6+/t24-,34+/m1/s1. The Morgan fingerprint density at radius 3 is 2.63 bits per heavy atom. The first kappa shape index (κ1) is 28.5. The number of anilines is 3. The summed E-state index contributed by atoms with van der Waals surface area (Å²) in [6.07, 6.45) is 7.92. The van der Waals surface area contributed by atoms with Crippen LogP contribution in [0.3, 0.4) is 0 Å². The summed E-state index contributed by atoms with van der Waals surface area (Å²) < 4.78 is 1.72. The number of aromatic nitrogens is 3. The summed E-state index contributed by atoms with van der Waals surface area (Å²) in [5.74, 6) is -0.816. The number of fused-ring (bicyclic) bond motifs is 2. The van der Waals surface area contributed by atoms with Crippen molar-refractivity contribution in [3.63, 3.8) is 0 Å². The van der Waals surface area contributed by atoms with Crippen LogP contribution in [0.15, 0.2) is 91.1 Å². The SMILES string of the molecule is C[C@H](/C=C/CCn1cc(CCO)nn1)[C@@]1(O)C(=O)N(Cc2cccc(N3C(=O)CCc4ccccc43)c2)c2ccccc21. The van der Waals surface area contributed by atoms with Gasteiger partial charge in [-0.15, -0.1) is 5.10 Å². The molecule has 2 atom stereocenters. The number of benzene rings is 3. The Morgan fingerprint density at radius 2 is 1.79 bits per heavy atom. The van der Waals surface area contributed by atoms with Crippen molar-refractivity contribution >= 4 is 28.9 Å². The van der Waals surface area contributed by atoms with Crippen LogP contribution in [0.1, 0.15) is 42.1 Å². The normalized spacial score (nSPS) is 18.8. The first-order valence-electron chi connectivity index (χ1n) is 14.7. The molecule has 0 spiro atoms. The molecule has 0 saturated carbocycles. The number of aryl methyl sites for hydroxylation is 2. The summed E-state index contributed by atoms with van der Waals surface area (Å²) in [5, 5.41) is 29.2. The van der Waals surface area contributed by atoms with Gasteiger partial charge in [0.05, 0.1) is 23.6 Å². The van der Waals surface area contributed by atoms with Crippen LogP contribution in [0.25, 0.3) is 0 Å². The second-order valence-electron chi connectivity index (χ2n) is 11.2. The molecule has 0 bridgehead atoms. The first-order chi connectivity index (χ1) is 20.9. The van der Waals surface area contributed by atoms with Crippen LogP contribution in [0.2, 0.25) is 0 Å². The van der Waals surface area contributed by atoms with Crippen LogP contribution >= 0.6 is 0 Å². The summed E-state index contributed by atoms with van der Waals surface area (Å²) in [6.45, 7) is 2.73. The number of para-hydroxylation sites is 2. The highest BCUT2D eigenvalue weighted by Gasteiger charge is 2.52. The van der Waals surface area contributed by atoms with Crippen LogP contribution in [0.4, 0.5) is 17.1 Å². The van der Waals surface area contributed by atoms with Gasteiger partial charge in [0, 0.05) is 49.4 Å². The maximum Gasteiger partial charge on any atom is 0.264 e. The van der Waals surface area contributed by atoms with Gasteiger partial charge in [0.2, 0.25) is 5.91 Å². The Morgan fingerprint density at radius 1 is 1.00 bits per heavy atom. The van der Waals surface area contributed by atoms with Crippen LogP contribution in [0.5, 0.6) is 0 Å². The van der Waals surface area contributed by atoms with Crippen molar-refractivity contribution in [2.75, 3.05) is 16.4 Å². The third kappa shape index (κ3) is 5.37. The molecule has 0 fully saturated rings. The number of rotatable bonds is 10. The van der Waals surface area contributed by atoms with Crippen LogP contribution < -0.4 is 9.80 Å². The Balaban J connectivity index is 1.21. The minimum absolute atomic E-state index is 0.0271. The summed E-state index contributed by atoms with van der Waals surface area (Å²) >= 11 is 0. The zero-order valence-corrected chi connectivity index (χ0v) is 24.1. The average Bonchev–Trinajstić information content (AvgIpc) is 3.56. The van der Waals surface area contributed by atoms with Gasteiger partial charge in [0.1, 0.15) is 0 Å². The molecule has 9 nitrogen and oxygen atoms in total. The lowest BCUT2D eigenvalue weighted by Gasteiger charge is -2.30. The lowest BCUT2D eigenvalue weighted by atomic mass is 9.83. The highest BCUT2D eigenvalue weighted by Crippen LogP contribution is 2.46. The second-order valence-corrected chi connectivity index (χ2v) is 11.2. The number of carbonyl (C=O) groups is 2. The van der Waals surface area contributed by atoms with Gasteiger partial charge in [-0.25, -0.2) is 0 Å². The fourth-order valence-electron chi connectivity index (χ4n) is 6.07. The van der Waals surface area contributed by atoms with E-state index in [1.54, 1.807) is 14.5 Å². The number of aliphatic hydroxyl groups excluding tert-OH is 1. The van der Waals surface area contributed by atoms with Crippen LogP contribution in [-0.4, -0.2) is 43.6 Å². The zero-order valence-electron chi connectivity index (χ0n) is 24.1. The van der Waals surface area contributed by atoms with Gasteiger partial charge in [0.25, 0.3) is 5.91 Å². The maximum atomic E-state index is 14.0. The molecule has 220 valence electrons. The molecular formula is C34H35N5O4. The molecule has 6 rings (SSSR count). The highest BCUT2D eigenvalue weighted by molar-refractivity contribution is 6.07. The Bertz CT molecular complexity index is 1680. The topological polar surface area (TPSA) is 112 Å². The van der Waals surface area contributed by atoms with Gasteiger partial charge < -0.3 is 15.1 Å². The van der Waals surface area contributed by atoms with E-state index in [1.165, 1.54) is 0 Å². The fourth-order valence-corrected chi connectivity index (χ4v) is 6.07. The third-order valence-electron chi connectivity index (χ3n) is 8.34. The van der Waals surface area contributed by atoms with Crippen molar-refractivity contribution in [3.8, 4) is 0 Å². The number of nitrogens with zero attached hydrogens (tertiary/aromatic N) is 5. The highest BCUT2D eigenvalue weighted by atomic mass is 16.3. The Kier molecular flexibility index (Phi) is 7.92. The van der Waals surface area contributed by atoms with Crippen LogP contribution in [0, 0.1) is 5.92 Å². The van der Waals surface area contributed by atoms with E-state index in [2.05, 4.69) is 16.4 Å². The van der Waals surface area contributed by atoms with Gasteiger partial charge in [-0.1, -0.05) is 72.8 Å². The number of hydrogen-bond donors (Lipinski definition) is 2. The monoisotopic (exact) mass is 577 g/mol. The first-order valence-corrected chi connectivity index (χ1v) is 14.7. The molecule has 4 aromatic rings. The van der Waals surface area contributed by atoms with Gasteiger partial charge in [-0.3, -0.25) is 19.2 Å². The minimum Gasteiger partial charge on any atom is -0.396 e. The van der Waals surface area contributed by atoms with Crippen molar-refractivity contribution in [2.45, 2.75) is 51.3 Å². The van der Waals surface area contributed by atoms with Crippen molar-refractivity contribution in [2.24, 2.45) is 5.92 Å². The number of amides is 2. The van der Waals surface area contributed by atoms with E-state index in [0.29, 0.717) is 37.1 Å². The predicted octanol–water partition coefficient (Wildman–Crippen LogP) is 4.44. The maximum absolute atomic E-state index is 14.0. The van der Waals surface area contributed by atoms with E-state index in [-0.39, 0.29) is 25.0 Å². The number of hydrogen-bond acceptors (Lipinski definition) is 6. The molecule has 2 amide bonds. The molecule has 2 N–H and O–H groups in total. The van der Waals surface area contributed by atoms with E-state index in [4.69, 9.17) is 5.11 Å². The van der Waals surface area contributed by atoms with E-state index < -0.39 is 11.5 Å². The number of carbonyl (C=O) groups excluding carboxylic acids is 2. The van der Waals surface area contributed by atoms with Gasteiger partial charge in [-0.05, 0) is 48.2 Å². The third-order valence-corrected chi connectivity index (χ3v) is 8.34. The molecular weight excluding hydrogens is 542 g/mol.